The molecule has 1 aromatic carbocycles. The summed E-state index contributed by atoms with van der Waals surface area (Å²) >= 11 is 17.9. The number of anilines is 3. The van der Waals surface area contributed by atoms with Gasteiger partial charge >= 0.3 is 0 Å². The van der Waals surface area contributed by atoms with Crippen molar-refractivity contribution in [1.82, 2.24) is 9.97 Å². The van der Waals surface area contributed by atoms with E-state index < -0.39 is 0 Å². The highest BCUT2D eigenvalue weighted by atomic mass is 35.5. The highest BCUT2D eigenvalue weighted by Gasteiger charge is 2.09. The molecule has 0 radical (unpaired) electrons. The average molecular weight is 290 g/mol. The number of nitrogen functional groups attached to an aromatic ring is 1. The van der Waals surface area contributed by atoms with Crippen molar-refractivity contribution in [3.63, 3.8) is 0 Å². The van der Waals surface area contributed by atoms with E-state index in [9.17, 15) is 0 Å². The Balaban J connectivity index is 2.38. The first-order chi connectivity index (χ1) is 8.09. The summed E-state index contributed by atoms with van der Waals surface area (Å²) in [6.45, 7) is 0. The van der Waals surface area contributed by atoms with Crippen molar-refractivity contribution in [2.24, 2.45) is 0 Å². The maximum Gasteiger partial charge on any atom is 0.154 e. The van der Waals surface area contributed by atoms with Crippen molar-refractivity contribution in [2.75, 3.05) is 11.1 Å². The number of nitrogens with one attached hydrogen (secondary N) is 1. The number of rotatable bonds is 2. The fourth-order valence-electron chi connectivity index (χ4n) is 1.20. The molecule has 2 rings (SSSR count). The third kappa shape index (κ3) is 2.54. The summed E-state index contributed by atoms with van der Waals surface area (Å²) in [4.78, 5) is 7.73. The molecule has 2 aromatic rings. The van der Waals surface area contributed by atoms with E-state index in [1.54, 1.807) is 18.2 Å². The summed E-state index contributed by atoms with van der Waals surface area (Å²) in [5.74, 6) is 0.575. The van der Waals surface area contributed by atoms with Crippen LogP contribution in [0, 0.1) is 0 Å². The summed E-state index contributed by atoms with van der Waals surface area (Å²) in [5.41, 5.74) is 6.16. The van der Waals surface area contributed by atoms with E-state index in [1.807, 2.05) is 0 Å². The normalized spacial score (nSPS) is 10.3. The quantitative estimate of drug-likeness (QED) is 0.883. The zero-order valence-corrected chi connectivity index (χ0v) is 10.7. The predicted molar refractivity (Wildman–Crippen MR) is 71.2 cm³/mol. The first-order valence-corrected chi connectivity index (χ1v) is 5.70. The van der Waals surface area contributed by atoms with Crippen LogP contribution in [0.25, 0.3) is 0 Å². The SMILES string of the molecule is Nc1ncnc(Nc2cccc(Cl)c2Cl)c1Cl. The number of benzene rings is 1. The van der Waals surface area contributed by atoms with Gasteiger partial charge in [0.15, 0.2) is 5.82 Å². The van der Waals surface area contributed by atoms with Gasteiger partial charge in [-0.15, -0.1) is 0 Å². The molecular weight excluding hydrogens is 282 g/mol. The van der Waals surface area contributed by atoms with Gasteiger partial charge < -0.3 is 11.1 Å². The van der Waals surface area contributed by atoms with Crippen LogP contribution in [0.4, 0.5) is 17.3 Å². The van der Waals surface area contributed by atoms with Crippen LogP contribution < -0.4 is 11.1 Å². The summed E-state index contributed by atoms with van der Waals surface area (Å²) in [5, 5.41) is 4.01. The summed E-state index contributed by atoms with van der Waals surface area (Å²) in [6.07, 6.45) is 1.31. The highest BCUT2D eigenvalue weighted by molar-refractivity contribution is 6.43. The van der Waals surface area contributed by atoms with Crippen molar-refractivity contribution in [3.8, 4) is 0 Å². The molecule has 1 aromatic heterocycles. The van der Waals surface area contributed by atoms with Gasteiger partial charge in [0.2, 0.25) is 0 Å². The minimum absolute atomic E-state index is 0.197. The van der Waals surface area contributed by atoms with E-state index in [1.165, 1.54) is 6.33 Å². The van der Waals surface area contributed by atoms with E-state index in [0.29, 0.717) is 21.6 Å². The van der Waals surface area contributed by atoms with Crippen molar-refractivity contribution in [2.45, 2.75) is 0 Å². The summed E-state index contributed by atoms with van der Waals surface area (Å²) in [7, 11) is 0. The second-order valence-electron chi connectivity index (χ2n) is 3.15. The minimum Gasteiger partial charge on any atom is -0.382 e. The molecule has 0 atom stereocenters. The van der Waals surface area contributed by atoms with Gasteiger partial charge in [-0.05, 0) is 12.1 Å². The Bertz CT molecular complexity index is 510. The van der Waals surface area contributed by atoms with Gasteiger partial charge in [-0.25, -0.2) is 9.97 Å². The zero-order valence-electron chi connectivity index (χ0n) is 8.42. The van der Waals surface area contributed by atoms with Crippen molar-refractivity contribution in [3.05, 3.63) is 39.6 Å². The summed E-state index contributed by atoms with van der Waals surface area (Å²) in [6, 6.07) is 5.20. The third-order valence-electron chi connectivity index (χ3n) is 2.02. The Kier molecular flexibility index (Phi) is 3.57. The minimum atomic E-state index is 0.197. The van der Waals surface area contributed by atoms with Gasteiger partial charge in [0.05, 0.1) is 15.7 Å². The van der Waals surface area contributed by atoms with Crippen molar-refractivity contribution in [1.29, 1.82) is 0 Å². The number of hydrogen-bond acceptors (Lipinski definition) is 4. The maximum atomic E-state index is 6.02. The number of aromatic nitrogens is 2. The first kappa shape index (κ1) is 12.2. The van der Waals surface area contributed by atoms with E-state index in [2.05, 4.69) is 15.3 Å². The largest absolute Gasteiger partial charge is 0.382 e. The number of nitrogens with zero attached hydrogens (tertiary/aromatic N) is 2. The lowest BCUT2D eigenvalue weighted by Crippen LogP contribution is -2.00. The Labute approximate surface area is 113 Å². The molecular formula is C10H7Cl3N4. The maximum absolute atomic E-state index is 6.02. The summed E-state index contributed by atoms with van der Waals surface area (Å²) < 4.78 is 0. The molecule has 0 bridgehead atoms. The number of hydrogen-bond donors (Lipinski definition) is 2. The van der Waals surface area contributed by atoms with Crippen LogP contribution in [0.5, 0.6) is 0 Å². The van der Waals surface area contributed by atoms with Crippen LogP contribution in [0.3, 0.4) is 0 Å². The molecule has 0 saturated heterocycles. The molecule has 7 heteroatoms. The molecule has 0 spiro atoms. The van der Waals surface area contributed by atoms with E-state index in [-0.39, 0.29) is 10.8 Å². The molecule has 0 saturated carbocycles. The van der Waals surface area contributed by atoms with E-state index >= 15 is 0 Å². The molecule has 0 aliphatic rings. The Morgan fingerprint density at radius 3 is 2.59 bits per heavy atom. The molecule has 0 aliphatic heterocycles. The molecule has 0 fully saturated rings. The van der Waals surface area contributed by atoms with Crippen LogP contribution in [-0.2, 0) is 0 Å². The topological polar surface area (TPSA) is 63.8 Å². The first-order valence-electron chi connectivity index (χ1n) is 4.56. The Morgan fingerprint density at radius 2 is 1.82 bits per heavy atom. The zero-order chi connectivity index (χ0) is 12.4. The molecule has 88 valence electrons. The number of nitrogens with two attached hydrogens (primary N) is 1. The fourth-order valence-corrected chi connectivity index (χ4v) is 1.69. The van der Waals surface area contributed by atoms with Gasteiger partial charge in [0, 0.05) is 0 Å². The second kappa shape index (κ2) is 4.96. The third-order valence-corrected chi connectivity index (χ3v) is 3.21. The molecule has 1 heterocycles. The average Bonchev–Trinajstić information content (AvgIpc) is 2.31. The van der Waals surface area contributed by atoms with Gasteiger partial charge in [0.25, 0.3) is 0 Å². The second-order valence-corrected chi connectivity index (χ2v) is 4.31. The number of halogens is 3. The lowest BCUT2D eigenvalue weighted by molar-refractivity contribution is 1.18. The van der Waals surface area contributed by atoms with Gasteiger partial charge in [0.1, 0.15) is 17.2 Å². The smallest absolute Gasteiger partial charge is 0.154 e. The van der Waals surface area contributed by atoms with Crippen LogP contribution in [0.1, 0.15) is 0 Å². The van der Waals surface area contributed by atoms with Gasteiger partial charge in [-0.3, -0.25) is 0 Å². The van der Waals surface area contributed by atoms with Crippen LogP contribution in [0.2, 0.25) is 15.1 Å². The van der Waals surface area contributed by atoms with E-state index in [0.717, 1.165) is 0 Å². The van der Waals surface area contributed by atoms with Crippen LogP contribution >= 0.6 is 34.8 Å². The molecule has 0 aliphatic carbocycles. The van der Waals surface area contributed by atoms with Crippen molar-refractivity contribution < 1.29 is 0 Å². The standard InChI is InChI=1S/C10H7Cl3N4/c11-5-2-1-3-6(7(5)12)17-10-8(13)9(14)15-4-16-10/h1-4H,(H3,14,15,16,17). The van der Waals surface area contributed by atoms with Crippen LogP contribution in [-0.4, -0.2) is 9.97 Å². The molecule has 4 nitrogen and oxygen atoms in total. The Morgan fingerprint density at radius 1 is 1.06 bits per heavy atom. The predicted octanol–water partition coefficient (Wildman–Crippen LogP) is 3.76. The lowest BCUT2D eigenvalue weighted by Gasteiger charge is -2.10. The lowest BCUT2D eigenvalue weighted by atomic mass is 10.3. The fraction of sp³-hybridized carbons (Fsp3) is 0. The molecule has 0 unspecified atom stereocenters. The molecule has 17 heavy (non-hydrogen) atoms. The van der Waals surface area contributed by atoms with Crippen LogP contribution in [0.15, 0.2) is 24.5 Å². The highest BCUT2D eigenvalue weighted by Crippen LogP contribution is 2.33. The monoisotopic (exact) mass is 288 g/mol. The van der Waals surface area contributed by atoms with Gasteiger partial charge in [-0.1, -0.05) is 40.9 Å². The van der Waals surface area contributed by atoms with Crippen molar-refractivity contribution >= 4 is 52.1 Å². The van der Waals surface area contributed by atoms with Gasteiger partial charge in [-0.2, -0.15) is 0 Å². The molecule has 3 N–H and O–H groups in total. The molecule has 0 amide bonds. The Hall–Kier alpha value is -1.23. The van der Waals surface area contributed by atoms with E-state index in [4.69, 9.17) is 40.5 Å².